The van der Waals surface area contributed by atoms with Gasteiger partial charge in [0, 0.05) is 22.4 Å². The Morgan fingerprint density at radius 1 is 0.808 bits per heavy atom. The molecule has 4 heteroatoms. The summed E-state index contributed by atoms with van der Waals surface area (Å²) in [4.78, 5) is 0. The number of rotatable bonds is 4. The smallest absolute Gasteiger partial charge is 0.0594 e. The van der Waals surface area contributed by atoms with Crippen LogP contribution in [-0.4, -0.2) is 12.3 Å². The minimum atomic E-state index is 0.239. The minimum Gasteiger partial charge on any atom is -0.265 e. The fourth-order valence-electron chi connectivity index (χ4n) is 3.27. The lowest BCUT2D eigenvalue weighted by molar-refractivity contribution is 0.848. The Labute approximate surface area is 163 Å². The van der Waals surface area contributed by atoms with Crippen LogP contribution in [-0.2, 0) is 6.42 Å². The van der Waals surface area contributed by atoms with Crippen LogP contribution in [0, 0.1) is 0 Å². The lowest BCUT2D eigenvalue weighted by Gasteiger charge is -2.16. The molecule has 130 valence electrons. The molecule has 0 aromatic heterocycles. The molecule has 3 aromatic rings. The van der Waals surface area contributed by atoms with Crippen LogP contribution in [0.4, 0.5) is 5.69 Å². The molecule has 1 heterocycles. The number of hydrogen-bond donors (Lipinski definition) is 0. The van der Waals surface area contributed by atoms with Gasteiger partial charge in [0.25, 0.3) is 0 Å². The molecule has 1 atom stereocenters. The third-order valence-electron chi connectivity index (χ3n) is 4.63. The Kier molecular flexibility index (Phi) is 4.96. The summed E-state index contributed by atoms with van der Waals surface area (Å²) < 4.78 is 0. The van der Waals surface area contributed by atoms with Crippen LogP contribution in [0.5, 0.6) is 0 Å². The highest BCUT2D eigenvalue weighted by atomic mass is 35.5. The number of halogens is 2. The van der Waals surface area contributed by atoms with Gasteiger partial charge in [0.05, 0.1) is 17.9 Å². The number of benzene rings is 3. The Morgan fingerprint density at radius 2 is 1.42 bits per heavy atom. The molecule has 1 aliphatic heterocycles. The highest BCUT2D eigenvalue weighted by Crippen LogP contribution is 2.31. The van der Waals surface area contributed by atoms with E-state index in [1.165, 1.54) is 11.1 Å². The third-order valence-corrected chi connectivity index (χ3v) is 5.14. The van der Waals surface area contributed by atoms with E-state index in [0.717, 1.165) is 34.4 Å². The summed E-state index contributed by atoms with van der Waals surface area (Å²) in [5, 5.41) is 8.53. The van der Waals surface area contributed by atoms with E-state index in [1.807, 2.05) is 42.5 Å². The maximum absolute atomic E-state index is 6.07. The van der Waals surface area contributed by atoms with Crippen LogP contribution >= 0.6 is 23.2 Å². The van der Waals surface area contributed by atoms with E-state index in [9.17, 15) is 0 Å². The molecule has 0 amide bonds. The summed E-state index contributed by atoms with van der Waals surface area (Å²) >= 11 is 12.1. The van der Waals surface area contributed by atoms with E-state index in [2.05, 4.69) is 41.4 Å². The van der Waals surface area contributed by atoms with E-state index in [0.29, 0.717) is 0 Å². The predicted octanol–water partition coefficient (Wildman–Crippen LogP) is 6.20. The molecule has 0 bridgehead atoms. The van der Waals surface area contributed by atoms with Crippen molar-refractivity contribution in [2.75, 3.05) is 11.6 Å². The van der Waals surface area contributed by atoms with Crippen LogP contribution in [0.25, 0.3) is 0 Å². The summed E-state index contributed by atoms with van der Waals surface area (Å²) in [5.41, 5.74) is 4.71. The Hall–Kier alpha value is -2.29. The molecule has 1 unspecified atom stereocenters. The van der Waals surface area contributed by atoms with Gasteiger partial charge >= 0.3 is 0 Å². The van der Waals surface area contributed by atoms with Gasteiger partial charge in [0.15, 0.2) is 0 Å². The summed E-state index contributed by atoms with van der Waals surface area (Å²) in [6, 6.07) is 26.4. The second-order valence-corrected chi connectivity index (χ2v) is 7.29. The summed E-state index contributed by atoms with van der Waals surface area (Å²) in [5.74, 6) is 0.239. The van der Waals surface area contributed by atoms with Crippen molar-refractivity contribution in [2.24, 2.45) is 5.10 Å². The fourth-order valence-corrected chi connectivity index (χ4v) is 3.52. The topological polar surface area (TPSA) is 15.6 Å². The van der Waals surface area contributed by atoms with Crippen molar-refractivity contribution in [3.05, 3.63) is 100 Å². The van der Waals surface area contributed by atoms with Crippen molar-refractivity contribution in [1.82, 2.24) is 0 Å². The van der Waals surface area contributed by atoms with Crippen LogP contribution in [0.2, 0.25) is 10.0 Å². The second-order valence-electron chi connectivity index (χ2n) is 6.42. The van der Waals surface area contributed by atoms with Gasteiger partial charge in [0.2, 0.25) is 0 Å². The first-order chi connectivity index (χ1) is 12.7. The monoisotopic (exact) mass is 380 g/mol. The van der Waals surface area contributed by atoms with Crippen molar-refractivity contribution in [2.45, 2.75) is 12.3 Å². The molecule has 0 N–H and O–H groups in total. The zero-order valence-corrected chi connectivity index (χ0v) is 15.7. The molecular formula is C22H18Cl2N2. The minimum absolute atomic E-state index is 0.239. The number of para-hydroxylation sites is 1. The van der Waals surface area contributed by atoms with Crippen LogP contribution in [0.3, 0.4) is 0 Å². The van der Waals surface area contributed by atoms with E-state index in [1.54, 1.807) is 0 Å². The fraction of sp³-hybridized carbons (Fsp3) is 0.136. The molecule has 3 aromatic carbocycles. The predicted molar refractivity (Wildman–Crippen MR) is 111 cm³/mol. The number of hydrazone groups is 1. The molecule has 4 rings (SSSR count). The van der Waals surface area contributed by atoms with Gasteiger partial charge in [0.1, 0.15) is 0 Å². The van der Waals surface area contributed by atoms with Crippen molar-refractivity contribution in [1.29, 1.82) is 0 Å². The normalized spacial score (nSPS) is 16.6. The largest absolute Gasteiger partial charge is 0.265 e. The quantitative estimate of drug-likeness (QED) is 0.526. The molecule has 0 radical (unpaired) electrons. The summed E-state index contributed by atoms with van der Waals surface area (Å²) in [7, 11) is 0. The van der Waals surface area contributed by atoms with Gasteiger partial charge in [-0.3, -0.25) is 5.01 Å². The van der Waals surface area contributed by atoms with E-state index in [4.69, 9.17) is 28.3 Å². The summed E-state index contributed by atoms with van der Waals surface area (Å²) in [6.07, 6.45) is 0.799. The first-order valence-electron chi connectivity index (χ1n) is 8.59. The first-order valence-corrected chi connectivity index (χ1v) is 9.34. The van der Waals surface area contributed by atoms with Crippen LogP contribution in [0.1, 0.15) is 17.0 Å². The number of anilines is 1. The first kappa shape index (κ1) is 17.1. The lowest BCUT2D eigenvalue weighted by atomic mass is 9.91. The molecule has 0 spiro atoms. The molecular weight excluding hydrogens is 363 g/mol. The van der Waals surface area contributed by atoms with Crippen molar-refractivity contribution in [3.63, 3.8) is 0 Å². The van der Waals surface area contributed by atoms with Crippen molar-refractivity contribution in [3.8, 4) is 0 Å². The molecule has 2 nitrogen and oxygen atoms in total. The van der Waals surface area contributed by atoms with E-state index < -0.39 is 0 Å². The SMILES string of the molecule is Clc1ccc(CC2=NN(c3ccccc3)CC2c2ccc(Cl)cc2)cc1. The second kappa shape index (κ2) is 7.53. The van der Waals surface area contributed by atoms with E-state index in [-0.39, 0.29) is 5.92 Å². The zero-order valence-electron chi connectivity index (χ0n) is 14.1. The van der Waals surface area contributed by atoms with E-state index >= 15 is 0 Å². The molecule has 0 fully saturated rings. The van der Waals surface area contributed by atoms with Gasteiger partial charge in [-0.05, 0) is 47.5 Å². The number of nitrogens with zero attached hydrogens (tertiary/aromatic N) is 2. The molecule has 26 heavy (non-hydrogen) atoms. The molecule has 0 saturated heterocycles. The number of hydrogen-bond acceptors (Lipinski definition) is 2. The Morgan fingerprint density at radius 3 is 2.08 bits per heavy atom. The summed E-state index contributed by atoms with van der Waals surface area (Å²) in [6.45, 7) is 0.828. The average Bonchev–Trinajstić information content (AvgIpc) is 3.09. The van der Waals surface area contributed by atoms with Crippen molar-refractivity contribution < 1.29 is 0 Å². The zero-order chi connectivity index (χ0) is 17.9. The molecule has 0 aliphatic carbocycles. The van der Waals surface area contributed by atoms with Gasteiger partial charge in [-0.25, -0.2) is 0 Å². The standard InChI is InChI=1S/C22H18Cl2N2/c23-18-10-6-16(7-11-18)14-22-21(17-8-12-19(24)13-9-17)15-26(25-22)20-4-2-1-3-5-20/h1-13,21H,14-15H2. The highest BCUT2D eigenvalue weighted by molar-refractivity contribution is 6.30. The molecule has 0 saturated carbocycles. The lowest BCUT2D eigenvalue weighted by Crippen LogP contribution is -2.18. The molecule has 1 aliphatic rings. The highest BCUT2D eigenvalue weighted by Gasteiger charge is 2.28. The third kappa shape index (κ3) is 3.77. The van der Waals surface area contributed by atoms with Gasteiger partial charge in [-0.15, -0.1) is 0 Å². The van der Waals surface area contributed by atoms with Crippen LogP contribution < -0.4 is 5.01 Å². The average molecular weight is 381 g/mol. The Balaban J connectivity index is 1.66. The maximum atomic E-state index is 6.07. The Bertz CT molecular complexity index is 903. The maximum Gasteiger partial charge on any atom is 0.0594 e. The van der Waals surface area contributed by atoms with Crippen molar-refractivity contribution >= 4 is 34.6 Å². The van der Waals surface area contributed by atoms with Gasteiger partial charge < -0.3 is 0 Å². The van der Waals surface area contributed by atoms with Gasteiger partial charge in [-0.1, -0.05) is 65.7 Å². The van der Waals surface area contributed by atoms with Crippen LogP contribution in [0.15, 0.2) is 84.0 Å². The van der Waals surface area contributed by atoms with Gasteiger partial charge in [-0.2, -0.15) is 5.10 Å².